The molecule has 0 aromatic heterocycles. The van der Waals surface area contributed by atoms with Crippen LogP contribution in [0.5, 0.6) is 5.75 Å². The number of carbonyl (C=O) groups excluding carboxylic acids is 1. The van der Waals surface area contributed by atoms with E-state index < -0.39 is 49.0 Å². The maximum absolute atomic E-state index is 11.7. The van der Waals surface area contributed by atoms with Crippen LogP contribution in [0.15, 0.2) is 24.3 Å². The maximum atomic E-state index is 11.7. The smallest absolute Gasteiger partial charge is 0.344 e. The van der Waals surface area contributed by atoms with Crippen LogP contribution in [0, 0.1) is 0 Å². The van der Waals surface area contributed by atoms with Crippen LogP contribution >= 0.6 is 0 Å². The van der Waals surface area contributed by atoms with Gasteiger partial charge in [-0.15, -0.1) is 0 Å². The number of phenolic OH excluding ortho intramolecular Hbond substituents is 1. The van der Waals surface area contributed by atoms with Crippen molar-refractivity contribution in [2.45, 2.75) is 30.7 Å². The molecular weight excluding hydrogens is 300 g/mol. The summed E-state index contributed by atoms with van der Waals surface area (Å²) in [5.74, 6) is -1.58. The summed E-state index contributed by atoms with van der Waals surface area (Å²) in [6.07, 6.45) is -10.2. The van der Waals surface area contributed by atoms with Gasteiger partial charge in [-0.25, -0.2) is 4.79 Å². The minimum atomic E-state index is -2.23. The number of carbonyl (C=O) groups is 1. The fraction of sp³-hybridized carbons (Fsp3) is 0.462. The van der Waals surface area contributed by atoms with Gasteiger partial charge in [0.1, 0.15) is 35.7 Å². The van der Waals surface area contributed by atoms with Gasteiger partial charge in [-0.3, -0.25) is 0 Å². The van der Waals surface area contributed by atoms with Crippen LogP contribution in [0.1, 0.15) is 10.4 Å². The third-order valence-corrected chi connectivity index (χ3v) is 2.93. The second-order valence-corrected chi connectivity index (χ2v) is 4.53. The lowest BCUT2D eigenvalue weighted by Gasteiger charge is -2.28. The molecule has 22 heavy (non-hydrogen) atoms. The van der Waals surface area contributed by atoms with Gasteiger partial charge < -0.3 is 40.5 Å². The summed E-state index contributed by atoms with van der Waals surface area (Å²) >= 11 is 0. The van der Waals surface area contributed by atoms with Crippen molar-refractivity contribution >= 4 is 5.97 Å². The monoisotopic (exact) mass is 318 g/mol. The van der Waals surface area contributed by atoms with Gasteiger partial charge in [-0.05, 0) is 12.1 Å². The quantitative estimate of drug-likeness (QED) is 0.209. The summed E-state index contributed by atoms with van der Waals surface area (Å²) in [5.41, 5.74) is -0.279. The molecule has 1 aromatic rings. The summed E-state index contributed by atoms with van der Waals surface area (Å²) in [6.45, 7) is -0.890. The Kier molecular flexibility index (Phi) is 6.68. The molecule has 1 rings (SSSR count). The molecule has 0 aliphatic rings. The highest BCUT2D eigenvalue weighted by molar-refractivity contribution is 5.92. The van der Waals surface area contributed by atoms with Gasteiger partial charge in [-0.1, -0.05) is 12.1 Å². The average molecular weight is 318 g/mol. The molecule has 1 unspecified atom stereocenters. The second kappa shape index (κ2) is 8.03. The van der Waals surface area contributed by atoms with Gasteiger partial charge in [0.15, 0.2) is 0 Å². The first-order valence-electron chi connectivity index (χ1n) is 6.29. The topological polar surface area (TPSA) is 168 Å². The molecule has 1 aromatic carbocycles. The summed E-state index contributed by atoms with van der Waals surface area (Å²) in [4.78, 5) is 11.7. The predicted molar refractivity (Wildman–Crippen MR) is 70.6 cm³/mol. The fourth-order valence-electron chi connectivity index (χ4n) is 1.60. The molecule has 0 aliphatic heterocycles. The van der Waals surface area contributed by atoms with Crippen LogP contribution in [-0.2, 0) is 4.74 Å². The Morgan fingerprint density at radius 1 is 1.00 bits per heavy atom. The molecule has 0 heterocycles. The lowest BCUT2D eigenvalue weighted by molar-refractivity contribution is -0.191. The van der Waals surface area contributed by atoms with Gasteiger partial charge in [0.2, 0.25) is 6.29 Å². The number of benzene rings is 1. The number of hydrogen-bond acceptors (Lipinski definition) is 9. The second-order valence-electron chi connectivity index (χ2n) is 4.53. The molecule has 7 N–H and O–H groups in total. The van der Waals surface area contributed by atoms with E-state index in [9.17, 15) is 30.3 Å². The van der Waals surface area contributed by atoms with E-state index in [1.807, 2.05) is 0 Å². The van der Waals surface area contributed by atoms with Gasteiger partial charge in [-0.2, -0.15) is 0 Å². The van der Waals surface area contributed by atoms with Crippen LogP contribution in [0.25, 0.3) is 0 Å². The average Bonchev–Trinajstić information content (AvgIpc) is 2.51. The fourth-order valence-corrected chi connectivity index (χ4v) is 1.60. The Hall–Kier alpha value is -1.75. The van der Waals surface area contributed by atoms with E-state index in [1.165, 1.54) is 24.3 Å². The highest BCUT2D eigenvalue weighted by Gasteiger charge is 2.36. The van der Waals surface area contributed by atoms with Gasteiger partial charge in [0.25, 0.3) is 0 Å². The van der Waals surface area contributed by atoms with Crippen molar-refractivity contribution in [2.75, 3.05) is 6.61 Å². The standard InChI is InChI=1S/C13H18O9/c14-5-8(16)9(17)10(18)11(19)13(21)22-12(20)6-3-1-2-4-7(6)15/h1-4,8-11,13-19,21H,5H2/t8-,9-,10+,11-,13?/m1/s1. The third-order valence-electron chi connectivity index (χ3n) is 2.93. The third kappa shape index (κ3) is 4.37. The number of ether oxygens (including phenoxy) is 1. The number of esters is 1. The first kappa shape index (κ1) is 18.3. The van der Waals surface area contributed by atoms with Crippen molar-refractivity contribution in [3.05, 3.63) is 29.8 Å². The largest absolute Gasteiger partial charge is 0.507 e. The SMILES string of the molecule is O=C(OC(O)[C@H](O)[C@@H](O)[C@H](O)[C@H](O)CO)c1ccccc1O. The molecule has 124 valence electrons. The van der Waals surface area contributed by atoms with Crippen molar-refractivity contribution in [1.29, 1.82) is 0 Å². The molecule has 0 bridgehead atoms. The van der Waals surface area contributed by atoms with E-state index in [0.717, 1.165) is 0 Å². The molecule has 9 nitrogen and oxygen atoms in total. The minimum absolute atomic E-state index is 0.279. The Bertz CT molecular complexity index is 492. The zero-order valence-electron chi connectivity index (χ0n) is 11.4. The van der Waals surface area contributed by atoms with Crippen LogP contribution < -0.4 is 0 Å². The molecule has 0 radical (unpaired) electrons. The molecule has 0 saturated carbocycles. The Morgan fingerprint density at radius 3 is 2.14 bits per heavy atom. The van der Waals surface area contributed by atoms with E-state index in [0.29, 0.717) is 0 Å². The summed E-state index contributed by atoms with van der Waals surface area (Å²) in [7, 11) is 0. The first-order chi connectivity index (χ1) is 10.3. The molecule has 9 heteroatoms. The van der Waals surface area contributed by atoms with Crippen LogP contribution in [0.2, 0.25) is 0 Å². The number of aliphatic hydroxyl groups excluding tert-OH is 6. The summed E-state index contributed by atoms with van der Waals surface area (Å²) < 4.78 is 4.46. The number of rotatable bonds is 7. The maximum Gasteiger partial charge on any atom is 0.344 e. The summed E-state index contributed by atoms with van der Waals surface area (Å²) in [6, 6.07) is 5.29. The highest BCUT2D eigenvalue weighted by atomic mass is 16.6. The molecular formula is C13H18O9. The zero-order valence-corrected chi connectivity index (χ0v) is 11.4. The minimum Gasteiger partial charge on any atom is -0.507 e. The van der Waals surface area contributed by atoms with Gasteiger partial charge >= 0.3 is 5.97 Å². The Labute approximate surface area is 125 Å². The molecule has 0 amide bonds. The van der Waals surface area contributed by atoms with Crippen LogP contribution in [0.3, 0.4) is 0 Å². The lowest BCUT2D eigenvalue weighted by atomic mass is 10.0. The van der Waals surface area contributed by atoms with Crippen molar-refractivity contribution < 1.29 is 45.3 Å². The van der Waals surface area contributed by atoms with Gasteiger partial charge in [0, 0.05) is 0 Å². The van der Waals surface area contributed by atoms with E-state index in [4.69, 9.17) is 10.2 Å². The highest BCUT2D eigenvalue weighted by Crippen LogP contribution is 2.18. The normalized spacial score (nSPS) is 18.1. The Balaban J connectivity index is 2.70. The number of aromatic hydroxyl groups is 1. The van der Waals surface area contributed by atoms with E-state index in [2.05, 4.69) is 4.74 Å². The molecule has 0 saturated heterocycles. The van der Waals surface area contributed by atoms with E-state index in [1.54, 1.807) is 0 Å². The van der Waals surface area contributed by atoms with Crippen LogP contribution in [0.4, 0.5) is 0 Å². The molecule has 5 atom stereocenters. The van der Waals surface area contributed by atoms with Gasteiger partial charge in [0.05, 0.1) is 6.61 Å². The number of phenols is 1. The predicted octanol–water partition coefficient (Wildman–Crippen LogP) is -2.70. The van der Waals surface area contributed by atoms with Crippen molar-refractivity contribution in [2.24, 2.45) is 0 Å². The number of hydrogen-bond donors (Lipinski definition) is 7. The number of aliphatic hydroxyl groups is 6. The van der Waals surface area contributed by atoms with Crippen LogP contribution in [-0.4, -0.2) is 79.0 Å². The van der Waals surface area contributed by atoms with Crippen molar-refractivity contribution in [3.8, 4) is 5.75 Å². The zero-order chi connectivity index (χ0) is 16.9. The summed E-state index contributed by atoms with van der Waals surface area (Å²) in [5, 5.41) is 65.2. The first-order valence-corrected chi connectivity index (χ1v) is 6.29. The molecule has 0 fully saturated rings. The molecule has 0 aliphatic carbocycles. The Morgan fingerprint density at radius 2 is 1.59 bits per heavy atom. The number of para-hydroxylation sites is 1. The van der Waals surface area contributed by atoms with Crippen molar-refractivity contribution in [1.82, 2.24) is 0 Å². The van der Waals surface area contributed by atoms with E-state index in [-0.39, 0.29) is 5.56 Å². The lowest BCUT2D eigenvalue weighted by Crippen LogP contribution is -2.50. The molecule has 0 spiro atoms. The van der Waals surface area contributed by atoms with Crippen molar-refractivity contribution in [3.63, 3.8) is 0 Å². The van der Waals surface area contributed by atoms with E-state index >= 15 is 0 Å².